The molecule has 1 amide bonds. The summed E-state index contributed by atoms with van der Waals surface area (Å²) in [6, 6.07) is 5.72. The predicted octanol–water partition coefficient (Wildman–Crippen LogP) is 0.804. The summed E-state index contributed by atoms with van der Waals surface area (Å²) in [6.45, 7) is 3.51. The van der Waals surface area contributed by atoms with Crippen molar-refractivity contribution in [1.82, 2.24) is 19.9 Å². The van der Waals surface area contributed by atoms with Crippen molar-refractivity contribution in [3.63, 3.8) is 0 Å². The number of morpholine rings is 1. The van der Waals surface area contributed by atoms with Gasteiger partial charge in [0.05, 0.1) is 31.9 Å². The molecule has 2 aliphatic rings. The van der Waals surface area contributed by atoms with Crippen LogP contribution in [0.2, 0.25) is 0 Å². The van der Waals surface area contributed by atoms with E-state index in [0.29, 0.717) is 25.6 Å². The van der Waals surface area contributed by atoms with Crippen molar-refractivity contribution in [2.24, 2.45) is 0 Å². The summed E-state index contributed by atoms with van der Waals surface area (Å²) in [6.07, 6.45) is 3.62. The fourth-order valence-corrected chi connectivity index (χ4v) is 3.46. The number of hydrogen-bond acceptors (Lipinski definition) is 7. The van der Waals surface area contributed by atoms with Crippen molar-refractivity contribution < 1.29 is 18.8 Å². The Balaban J connectivity index is 1.46. The maximum atomic E-state index is 12.6. The first-order valence-corrected chi connectivity index (χ1v) is 8.29. The summed E-state index contributed by atoms with van der Waals surface area (Å²) >= 11 is 0. The van der Waals surface area contributed by atoms with Crippen LogP contribution in [0.3, 0.4) is 0 Å². The molecule has 25 heavy (non-hydrogen) atoms. The number of hydrogen-bond donors (Lipinski definition) is 0. The van der Waals surface area contributed by atoms with Crippen molar-refractivity contribution in [3.8, 4) is 5.88 Å². The van der Waals surface area contributed by atoms with Gasteiger partial charge in [0.25, 0.3) is 11.8 Å². The van der Waals surface area contributed by atoms with Crippen molar-refractivity contribution in [3.05, 3.63) is 41.9 Å². The highest BCUT2D eigenvalue weighted by atomic mass is 16.5. The summed E-state index contributed by atoms with van der Waals surface area (Å²) in [5, 5.41) is 3.70. The number of pyridine rings is 1. The second-order valence-electron chi connectivity index (χ2n) is 6.25. The lowest BCUT2D eigenvalue weighted by molar-refractivity contribution is -0.0503. The van der Waals surface area contributed by atoms with E-state index < -0.39 is 0 Å². The number of methoxy groups -OCH3 is 1. The molecular formula is C17H20N4O4. The topological polar surface area (TPSA) is 80.9 Å². The van der Waals surface area contributed by atoms with Gasteiger partial charge in [0.1, 0.15) is 0 Å². The van der Waals surface area contributed by atoms with Gasteiger partial charge < -0.3 is 18.9 Å². The Hall–Kier alpha value is -2.45. The van der Waals surface area contributed by atoms with Crippen LogP contribution in [0.4, 0.5) is 0 Å². The molecule has 8 nitrogen and oxygen atoms in total. The number of carbonyl (C=O) groups is 1. The van der Waals surface area contributed by atoms with E-state index in [4.69, 9.17) is 14.0 Å². The zero-order valence-electron chi connectivity index (χ0n) is 14.0. The molecule has 0 aromatic carbocycles. The minimum Gasteiger partial charge on any atom is -0.479 e. The number of nitrogens with zero attached hydrogens (tertiary/aromatic N) is 4. The molecule has 0 radical (unpaired) electrons. The quantitative estimate of drug-likeness (QED) is 0.811. The molecule has 2 aliphatic heterocycles. The Morgan fingerprint density at radius 2 is 2.20 bits per heavy atom. The van der Waals surface area contributed by atoms with Gasteiger partial charge >= 0.3 is 0 Å². The summed E-state index contributed by atoms with van der Waals surface area (Å²) < 4.78 is 15.9. The molecule has 0 saturated carbocycles. The average molecular weight is 344 g/mol. The van der Waals surface area contributed by atoms with Crippen LogP contribution in [0.5, 0.6) is 5.88 Å². The van der Waals surface area contributed by atoms with Crippen LogP contribution in [-0.2, 0) is 11.3 Å². The van der Waals surface area contributed by atoms with Crippen LogP contribution in [-0.4, -0.2) is 71.3 Å². The van der Waals surface area contributed by atoms with Crippen molar-refractivity contribution >= 4 is 5.91 Å². The van der Waals surface area contributed by atoms with Crippen molar-refractivity contribution in [2.45, 2.75) is 18.7 Å². The van der Waals surface area contributed by atoms with E-state index >= 15 is 0 Å². The Morgan fingerprint density at radius 3 is 2.96 bits per heavy atom. The monoisotopic (exact) mass is 344 g/mol. The number of fused-ring (bicyclic) bond motifs is 1. The molecule has 2 saturated heterocycles. The fourth-order valence-electron chi connectivity index (χ4n) is 3.46. The fraction of sp³-hybridized carbons (Fsp3) is 0.471. The van der Waals surface area contributed by atoms with Crippen LogP contribution < -0.4 is 4.74 Å². The largest absolute Gasteiger partial charge is 0.479 e. The number of carbonyl (C=O) groups excluding carboxylic acids is 1. The van der Waals surface area contributed by atoms with Gasteiger partial charge in [-0.2, -0.15) is 0 Å². The molecule has 0 N–H and O–H groups in total. The summed E-state index contributed by atoms with van der Waals surface area (Å²) in [4.78, 5) is 20.8. The van der Waals surface area contributed by atoms with Gasteiger partial charge in [0.15, 0.2) is 0 Å². The van der Waals surface area contributed by atoms with E-state index in [-0.39, 0.29) is 23.8 Å². The number of ether oxygens (including phenoxy) is 2. The SMILES string of the molecule is COc1cc(C(=O)N2CC3OCCN(Cc4ccncc4)C3C2)on1. The zero-order valence-corrected chi connectivity index (χ0v) is 14.0. The molecular weight excluding hydrogens is 324 g/mol. The molecule has 2 fully saturated rings. The molecule has 132 valence electrons. The highest BCUT2D eigenvalue weighted by molar-refractivity contribution is 5.92. The smallest absolute Gasteiger partial charge is 0.292 e. The molecule has 4 rings (SSSR count). The first kappa shape index (κ1) is 16.0. The van der Waals surface area contributed by atoms with E-state index in [9.17, 15) is 4.79 Å². The van der Waals surface area contributed by atoms with E-state index in [1.807, 2.05) is 12.1 Å². The lowest BCUT2D eigenvalue weighted by atomic mass is 10.1. The van der Waals surface area contributed by atoms with E-state index in [0.717, 1.165) is 13.1 Å². The molecule has 2 aromatic heterocycles. The second-order valence-corrected chi connectivity index (χ2v) is 6.25. The summed E-state index contributed by atoms with van der Waals surface area (Å²) in [5.74, 6) is 0.310. The van der Waals surface area contributed by atoms with E-state index in [1.54, 1.807) is 17.3 Å². The number of aromatic nitrogens is 2. The molecule has 2 aromatic rings. The Bertz CT molecular complexity index is 735. The van der Waals surface area contributed by atoms with Crippen LogP contribution in [0.25, 0.3) is 0 Å². The normalized spacial score (nSPS) is 23.5. The number of likely N-dealkylation sites (tertiary alicyclic amines) is 1. The van der Waals surface area contributed by atoms with Gasteiger partial charge in [-0.05, 0) is 22.9 Å². The zero-order chi connectivity index (χ0) is 17.2. The van der Waals surface area contributed by atoms with Gasteiger partial charge in [0.2, 0.25) is 5.76 Å². The van der Waals surface area contributed by atoms with Gasteiger partial charge in [-0.25, -0.2) is 0 Å². The van der Waals surface area contributed by atoms with Gasteiger partial charge in [-0.1, -0.05) is 0 Å². The minimum absolute atomic E-state index is 0.0179. The third-order valence-corrected chi connectivity index (χ3v) is 4.75. The molecule has 0 bridgehead atoms. The van der Waals surface area contributed by atoms with Crippen molar-refractivity contribution in [2.75, 3.05) is 33.4 Å². The Labute approximate surface area is 145 Å². The van der Waals surface area contributed by atoms with Gasteiger partial charge in [-0.3, -0.25) is 14.7 Å². The molecule has 4 heterocycles. The lowest BCUT2D eigenvalue weighted by Crippen LogP contribution is -2.50. The van der Waals surface area contributed by atoms with Crippen LogP contribution in [0.15, 0.2) is 35.1 Å². The number of amides is 1. The van der Waals surface area contributed by atoms with Crippen LogP contribution in [0, 0.1) is 0 Å². The molecule has 0 spiro atoms. The van der Waals surface area contributed by atoms with Crippen molar-refractivity contribution in [1.29, 1.82) is 0 Å². The van der Waals surface area contributed by atoms with E-state index in [2.05, 4.69) is 15.0 Å². The van der Waals surface area contributed by atoms with Gasteiger partial charge in [0, 0.05) is 38.6 Å². The molecule has 8 heteroatoms. The standard InChI is InChI=1S/C17H20N4O4/c1-23-16-8-14(25-19-16)17(22)21-10-13-15(11-21)24-7-6-20(13)9-12-2-4-18-5-3-12/h2-5,8,13,15H,6-7,9-11H2,1H3. The molecule has 2 unspecified atom stereocenters. The third-order valence-electron chi connectivity index (χ3n) is 4.75. The second kappa shape index (κ2) is 6.81. The first-order chi connectivity index (χ1) is 12.2. The maximum absolute atomic E-state index is 12.6. The third kappa shape index (κ3) is 3.22. The lowest BCUT2D eigenvalue weighted by Gasteiger charge is -2.36. The average Bonchev–Trinajstić information content (AvgIpc) is 3.29. The Kier molecular flexibility index (Phi) is 4.37. The van der Waals surface area contributed by atoms with E-state index in [1.165, 1.54) is 18.7 Å². The molecule has 0 aliphatic carbocycles. The predicted molar refractivity (Wildman–Crippen MR) is 87.1 cm³/mol. The highest BCUT2D eigenvalue weighted by Crippen LogP contribution is 2.26. The highest BCUT2D eigenvalue weighted by Gasteiger charge is 2.42. The van der Waals surface area contributed by atoms with Crippen LogP contribution in [0.1, 0.15) is 16.1 Å². The Morgan fingerprint density at radius 1 is 1.36 bits per heavy atom. The minimum atomic E-state index is -0.183. The van der Waals surface area contributed by atoms with Gasteiger partial charge in [-0.15, -0.1) is 0 Å². The number of rotatable bonds is 4. The summed E-state index contributed by atoms with van der Waals surface area (Å²) in [5.41, 5.74) is 1.21. The summed E-state index contributed by atoms with van der Waals surface area (Å²) in [7, 11) is 1.49. The molecule has 2 atom stereocenters. The maximum Gasteiger partial charge on any atom is 0.292 e. The van der Waals surface area contributed by atoms with Crippen LogP contribution >= 0.6 is 0 Å². The first-order valence-electron chi connectivity index (χ1n) is 8.29.